The van der Waals surface area contributed by atoms with E-state index in [2.05, 4.69) is 25.8 Å². The minimum Gasteiger partial charge on any atom is -0.334 e. The van der Waals surface area contributed by atoms with E-state index in [1.54, 1.807) is 24.4 Å². The smallest absolute Gasteiger partial charge is 0.319 e. The van der Waals surface area contributed by atoms with Crippen molar-refractivity contribution in [1.82, 2.24) is 20.4 Å². The SMILES string of the molecule is CC(NC(=O)Nc1cc(Cl)ccc1-c1nc(C2CC2)no1)c1ccccn1. The van der Waals surface area contributed by atoms with E-state index in [-0.39, 0.29) is 12.1 Å². The number of amides is 2. The van der Waals surface area contributed by atoms with E-state index in [1.165, 1.54) is 0 Å². The molecule has 1 saturated carbocycles. The van der Waals surface area contributed by atoms with Crippen LogP contribution in [-0.2, 0) is 0 Å². The number of aromatic nitrogens is 3. The molecule has 0 spiro atoms. The lowest BCUT2D eigenvalue weighted by Crippen LogP contribution is -2.31. The first kappa shape index (κ1) is 17.5. The summed E-state index contributed by atoms with van der Waals surface area (Å²) in [5.41, 5.74) is 1.89. The molecule has 1 aromatic carbocycles. The van der Waals surface area contributed by atoms with Crippen molar-refractivity contribution in [2.75, 3.05) is 5.32 Å². The maximum Gasteiger partial charge on any atom is 0.319 e. The van der Waals surface area contributed by atoms with Crippen LogP contribution in [0.15, 0.2) is 47.1 Å². The largest absolute Gasteiger partial charge is 0.334 e. The average Bonchev–Trinajstić information content (AvgIpc) is 3.40. The van der Waals surface area contributed by atoms with Gasteiger partial charge in [0.25, 0.3) is 5.89 Å². The number of nitrogens with one attached hydrogen (secondary N) is 2. The zero-order valence-corrected chi connectivity index (χ0v) is 15.4. The second-order valence-electron chi connectivity index (χ2n) is 6.50. The zero-order valence-electron chi connectivity index (χ0n) is 14.6. The van der Waals surface area contributed by atoms with Crippen molar-refractivity contribution in [2.24, 2.45) is 0 Å². The summed E-state index contributed by atoms with van der Waals surface area (Å²) >= 11 is 6.11. The summed E-state index contributed by atoms with van der Waals surface area (Å²) in [6.45, 7) is 1.86. The van der Waals surface area contributed by atoms with Crippen LogP contribution >= 0.6 is 11.6 Å². The Hall–Kier alpha value is -2.93. The predicted molar refractivity (Wildman–Crippen MR) is 102 cm³/mol. The van der Waals surface area contributed by atoms with E-state index in [4.69, 9.17) is 16.1 Å². The molecule has 0 saturated heterocycles. The Labute approximate surface area is 161 Å². The van der Waals surface area contributed by atoms with E-state index in [9.17, 15) is 4.79 Å². The second-order valence-corrected chi connectivity index (χ2v) is 6.93. The number of urea groups is 1. The maximum absolute atomic E-state index is 12.5. The van der Waals surface area contributed by atoms with Gasteiger partial charge in [0.05, 0.1) is 23.0 Å². The lowest BCUT2D eigenvalue weighted by Gasteiger charge is -2.15. The van der Waals surface area contributed by atoms with Gasteiger partial charge in [0.15, 0.2) is 5.82 Å². The lowest BCUT2D eigenvalue weighted by molar-refractivity contribution is 0.249. The normalized spacial score (nSPS) is 14.6. The Morgan fingerprint density at radius 1 is 1.30 bits per heavy atom. The first-order chi connectivity index (χ1) is 13.1. The first-order valence-electron chi connectivity index (χ1n) is 8.72. The Morgan fingerprint density at radius 2 is 2.15 bits per heavy atom. The highest BCUT2D eigenvalue weighted by Gasteiger charge is 2.29. The fourth-order valence-electron chi connectivity index (χ4n) is 2.72. The molecule has 1 atom stereocenters. The molecule has 8 heteroatoms. The topological polar surface area (TPSA) is 92.9 Å². The fraction of sp³-hybridized carbons (Fsp3) is 0.263. The quantitative estimate of drug-likeness (QED) is 0.674. The molecule has 1 aliphatic rings. The Balaban J connectivity index is 1.52. The molecular weight excluding hydrogens is 366 g/mol. The van der Waals surface area contributed by atoms with Gasteiger partial charge in [-0.15, -0.1) is 0 Å². The molecule has 4 rings (SSSR count). The lowest BCUT2D eigenvalue weighted by atomic mass is 10.1. The van der Waals surface area contributed by atoms with Gasteiger partial charge in [0, 0.05) is 17.1 Å². The first-order valence-corrected chi connectivity index (χ1v) is 9.10. The maximum atomic E-state index is 12.5. The molecule has 1 fully saturated rings. The van der Waals surface area contributed by atoms with Gasteiger partial charge >= 0.3 is 6.03 Å². The van der Waals surface area contributed by atoms with Crippen molar-refractivity contribution in [2.45, 2.75) is 31.7 Å². The molecule has 0 radical (unpaired) electrons. The summed E-state index contributed by atoms with van der Waals surface area (Å²) in [7, 11) is 0. The van der Waals surface area contributed by atoms with Gasteiger partial charge in [-0.25, -0.2) is 4.79 Å². The number of rotatable bonds is 5. The summed E-state index contributed by atoms with van der Waals surface area (Å²) in [5, 5.41) is 10.2. The van der Waals surface area contributed by atoms with Crippen LogP contribution in [-0.4, -0.2) is 21.2 Å². The summed E-state index contributed by atoms with van der Waals surface area (Å²) in [6.07, 6.45) is 3.85. The highest BCUT2D eigenvalue weighted by Crippen LogP contribution is 2.39. The molecule has 7 nitrogen and oxygen atoms in total. The van der Waals surface area contributed by atoms with E-state index < -0.39 is 0 Å². The van der Waals surface area contributed by atoms with Gasteiger partial charge in [-0.05, 0) is 50.1 Å². The van der Waals surface area contributed by atoms with Gasteiger partial charge < -0.3 is 15.2 Å². The number of carbonyl (C=O) groups excluding carboxylic acids is 1. The van der Waals surface area contributed by atoms with Gasteiger partial charge in [-0.2, -0.15) is 4.98 Å². The number of hydrogen-bond acceptors (Lipinski definition) is 5. The molecule has 2 aromatic heterocycles. The van der Waals surface area contributed by atoms with Gasteiger partial charge in [0.2, 0.25) is 0 Å². The van der Waals surface area contributed by atoms with Crippen molar-refractivity contribution in [1.29, 1.82) is 0 Å². The average molecular weight is 384 g/mol. The molecule has 2 heterocycles. The van der Waals surface area contributed by atoms with Crippen molar-refractivity contribution < 1.29 is 9.32 Å². The van der Waals surface area contributed by atoms with Crippen LogP contribution < -0.4 is 10.6 Å². The summed E-state index contributed by atoms with van der Waals surface area (Å²) < 4.78 is 5.38. The van der Waals surface area contributed by atoms with E-state index >= 15 is 0 Å². The molecular formula is C19H18ClN5O2. The molecule has 3 aromatic rings. The third-order valence-corrected chi connectivity index (χ3v) is 4.56. The standard InChI is InChI=1S/C19H18ClN5O2/c1-11(15-4-2-3-9-21-15)22-19(26)23-16-10-13(20)7-8-14(16)18-24-17(25-27-18)12-5-6-12/h2-4,7-12H,5-6H2,1H3,(H2,22,23,26). The fourth-order valence-corrected chi connectivity index (χ4v) is 2.89. The van der Waals surface area contributed by atoms with Crippen LogP contribution in [0.25, 0.3) is 11.5 Å². The summed E-state index contributed by atoms with van der Waals surface area (Å²) in [5.74, 6) is 1.45. The number of nitrogens with zero attached hydrogens (tertiary/aromatic N) is 3. The third kappa shape index (κ3) is 4.09. The minimum atomic E-state index is -0.376. The molecule has 0 aliphatic heterocycles. The van der Waals surface area contributed by atoms with Crippen LogP contribution in [0, 0.1) is 0 Å². The van der Waals surface area contributed by atoms with Crippen LogP contribution in [0.4, 0.5) is 10.5 Å². The minimum absolute atomic E-state index is 0.251. The molecule has 2 N–H and O–H groups in total. The number of pyridine rings is 1. The van der Waals surface area contributed by atoms with Gasteiger partial charge in [-0.1, -0.05) is 22.8 Å². The molecule has 1 aliphatic carbocycles. The number of halogens is 1. The summed E-state index contributed by atoms with van der Waals surface area (Å²) in [4.78, 5) is 21.1. The van der Waals surface area contributed by atoms with E-state index in [0.29, 0.717) is 33.9 Å². The van der Waals surface area contributed by atoms with Crippen molar-refractivity contribution in [3.8, 4) is 11.5 Å². The zero-order chi connectivity index (χ0) is 18.8. The van der Waals surface area contributed by atoms with Crippen LogP contribution in [0.5, 0.6) is 0 Å². The molecule has 2 amide bonds. The number of anilines is 1. The highest BCUT2D eigenvalue weighted by atomic mass is 35.5. The molecule has 1 unspecified atom stereocenters. The van der Waals surface area contributed by atoms with E-state index in [1.807, 2.05) is 25.1 Å². The Morgan fingerprint density at radius 3 is 2.89 bits per heavy atom. The molecule has 27 heavy (non-hydrogen) atoms. The Kier molecular flexibility index (Phi) is 4.77. The number of benzene rings is 1. The molecule has 138 valence electrons. The predicted octanol–water partition coefficient (Wildman–Crippen LogP) is 4.55. The van der Waals surface area contributed by atoms with Crippen molar-refractivity contribution >= 4 is 23.3 Å². The monoisotopic (exact) mass is 383 g/mol. The van der Waals surface area contributed by atoms with Crippen molar-refractivity contribution in [3.63, 3.8) is 0 Å². The van der Waals surface area contributed by atoms with Crippen LogP contribution in [0.1, 0.15) is 43.2 Å². The van der Waals surface area contributed by atoms with Crippen LogP contribution in [0.3, 0.4) is 0 Å². The third-order valence-electron chi connectivity index (χ3n) is 4.32. The van der Waals surface area contributed by atoms with Crippen molar-refractivity contribution in [3.05, 3.63) is 59.1 Å². The summed E-state index contributed by atoms with van der Waals surface area (Å²) in [6, 6.07) is 10.1. The number of hydrogen-bond donors (Lipinski definition) is 2. The van der Waals surface area contributed by atoms with Gasteiger partial charge in [-0.3, -0.25) is 4.98 Å². The number of carbonyl (C=O) groups is 1. The Bertz CT molecular complexity index is 956. The highest BCUT2D eigenvalue weighted by molar-refractivity contribution is 6.31. The van der Waals surface area contributed by atoms with Gasteiger partial charge in [0.1, 0.15) is 0 Å². The van der Waals surface area contributed by atoms with E-state index in [0.717, 1.165) is 18.5 Å². The molecule has 0 bridgehead atoms. The van der Waals surface area contributed by atoms with Crippen LogP contribution in [0.2, 0.25) is 5.02 Å². The second kappa shape index (κ2) is 7.36.